The van der Waals surface area contributed by atoms with E-state index in [1.807, 2.05) is 0 Å². The van der Waals surface area contributed by atoms with Crippen LogP contribution in [-0.4, -0.2) is 66.5 Å². The number of halogens is 5. The van der Waals surface area contributed by atoms with E-state index in [0.29, 0.717) is 13.0 Å². The molecule has 2 N–H and O–H groups in total. The lowest BCUT2D eigenvalue weighted by molar-refractivity contribution is -0.137. The molecule has 0 spiro atoms. The molecule has 2 aliphatic rings. The Labute approximate surface area is 211 Å². The Morgan fingerprint density at radius 3 is 2.65 bits per heavy atom. The lowest BCUT2D eigenvalue weighted by Crippen LogP contribution is -2.51. The topological polar surface area (TPSA) is 77.9 Å². The van der Waals surface area contributed by atoms with Gasteiger partial charge in [0, 0.05) is 49.2 Å². The summed E-state index contributed by atoms with van der Waals surface area (Å²) in [7, 11) is 0. The average Bonchev–Trinajstić information content (AvgIpc) is 3.26. The third kappa shape index (κ3) is 6.02. The number of benzene rings is 1. The Morgan fingerprint density at radius 2 is 2.00 bits per heavy atom. The van der Waals surface area contributed by atoms with Crippen LogP contribution in [0.2, 0.25) is 0 Å². The van der Waals surface area contributed by atoms with E-state index in [2.05, 4.69) is 10.3 Å². The van der Waals surface area contributed by atoms with Crippen LogP contribution in [0.5, 0.6) is 0 Å². The van der Waals surface area contributed by atoms with Gasteiger partial charge in [-0.05, 0) is 51.0 Å². The molecule has 12 heteroatoms. The quantitative estimate of drug-likeness (QED) is 0.560. The first-order chi connectivity index (χ1) is 17.5. The van der Waals surface area contributed by atoms with Gasteiger partial charge in [-0.3, -0.25) is 4.79 Å². The third-order valence-corrected chi connectivity index (χ3v) is 6.72. The minimum absolute atomic E-state index is 0.0103. The van der Waals surface area contributed by atoms with E-state index in [0.717, 1.165) is 24.3 Å². The summed E-state index contributed by atoms with van der Waals surface area (Å²) in [6.07, 6.45) is -4.62. The molecule has 0 radical (unpaired) electrons. The van der Waals surface area contributed by atoms with Gasteiger partial charge in [0.25, 0.3) is 0 Å². The van der Waals surface area contributed by atoms with Crippen LogP contribution < -0.4 is 15.1 Å². The van der Waals surface area contributed by atoms with Gasteiger partial charge >= 0.3 is 6.18 Å². The molecule has 0 saturated carbocycles. The molecule has 3 heterocycles. The smallest absolute Gasteiger partial charge is 0.389 e. The van der Waals surface area contributed by atoms with Crippen LogP contribution in [0.15, 0.2) is 30.3 Å². The van der Waals surface area contributed by atoms with Crippen LogP contribution in [0, 0.1) is 18.6 Å². The van der Waals surface area contributed by atoms with Gasteiger partial charge < -0.3 is 25.0 Å². The maximum absolute atomic E-state index is 13.9. The monoisotopic (exact) mass is 528 g/mol. The number of alkyl halides is 3. The number of nitrogens with zero attached hydrogens (tertiary/aromatic N) is 3. The zero-order chi connectivity index (χ0) is 26.9. The second kappa shape index (κ2) is 10.9. The third-order valence-electron chi connectivity index (χ3n) is 6.72. The molecular formula is C25H29F5N4O3. The molecule has 7 nitrogen and oxygen atoms in total. The van der Waals surface area contributed by atoms with E-state index in [1.54, 1.807) is 6.92 Å². The van der Waals surface area contributed by atoms with Gasteiger partial charge in [0.1, 0.15) is 11.9 Å². The number of amides is 1. The lowest BCUT2D eigenvalue weighted by atomic mass is 10.0. The van der Waals surface area contributed by atoms with Gasteiger partial charge in [-0.15, -0.1) is 0 Å². The zero-order valence-electron chi connectivity index (χ0n) is 20.4. The molecule has 2 saturated heterocycles. The maximum atomic E-state index is 13.9. The van der Waals surface area contributed by atoms with Crippen molar-refractivity contribution in [2.45, 2.75) is 57.1 Å². The molecule has 1 amide bonds. The molecule has 202 valence electrons. The van der Waals surface area contributed by atoms with Crippen LogP contribution in [0.25, 0.3) is 0 Å². The van der Waals surface area contributed by atoms with E-state index in [1.165, 1.54) is 22.8 Å². The molecule has 4 rings (SSSR count). The van der Waals surface area contributed by atoms with Gasteiger partial charge in [0.2, 0.25) is 5.91 Å². The Bertz CT molecular complexity index is 1130. The first kappa shape index (κ1) is 27.2. The van der Waals surface area contributed by atoms with Gasteiger partial charge in [-0.2, -0.15) is 13.2 Å². The second-order valence-electron chi connectivity index (χ2n) is 9.34. The number of aliphatic hydroxyl groups excluding tert-OH is 1. The summed E-state index contributed by atoms with van der Waals surface area (Å²) in [6, 6.07) is 3.36. The number of nitrogens with one attached hydrogen (secondary N) is 1. The SMILES string of the molecule is CCN(C(=O)C1CC(N[C@@H]2CCOCC2O)CN1c1cc(C(F)(F)F)cc(C)n1)c1ccc(F)c(F)c1. The number of ether oxygens (including phenoxy) is 1. The first-order valence-corrected chi connectivity index (χ1v) is 12.1. The standard InChI is InChI=1S/C25H29F5N4O3/c1-3-33(17-4-5-18(26)19(27)11-17)24(36)21-10-16(32-20-6-7-37-13-22(20)35)12-34(21)23-9-15(25(28,29)30)8-14(2)31-23/h4-5,8-9,11,16,20-22,32,35H,3,6-7,10,12-13H2,1-2H3/t16?,20-,21?,22?/m1/s1. The van der Waals surface area contributed by atoms with Crippen molar-refractivity contribution in [2.24, 2.45) is 0 Å². The summed E-state index contributed by atoms with van der Waals surface area (Å²) in [5, 5.41) is 13.6. The number of anilines is 2. The van der Waals surface area contributed by atoms with Crippen LogP contribution in [0.4, 0.5) is 33.5 Å². The van der Waals surface area contributed by atoms with Crippen molar-refractivity contribution in [3.8, 4) is 0 Å². The summed E-state index contributed by atoms with van der Waals surface area (Å²) in [5.74, 6) is -2.67. The highest BCUT2D eigenvalue weighted by atomic mass is 19.4. The molecular weight excluding hydrogens is 499 g/mol. The fraction of sp³-hybridized carbons (Fsp3) is 0.520. The Morgan fingerprint density at radius 1 is 1.24 bits per heavy atom. The van der Waals surface area contributed by atoms with Crippen molar-refractivity contribution in [2.75, 3.05) is 36.1 Å². The van der Waals surface area contributed by atoms with E-state index >= 15 is 0 Å². The Kier molecular flexibility index (Phi) is 8.00. The fourth-order valence-electron chi connectivity index (χ4n) is 4.92. The van der Waals surface area contributed by atoms with E-state index < -0.39 is 41.4 Å². The first-order valence-electron chi connectivity index (χ1n) is 12.1. The summed E-state index contributed by atoms with van der Waals surface area (Å²) >= 11 is 0. The molecule has 4 atom stereocenters. The molecule has 1 aromatic heterocycles. The second-order valence-corrected chi connectivity index (χ2v) is 9.34. The highest BCUT2D eigenvalue weighted by Crippen LogP contribution is 2.34. The zero-order valence-corrected chi connectivity index (χ0v) is 20.4. The minimum Gasteiger partial charge on any atom is -0.389 e. The van der Waals surface area contributed by atoms with Crippen molar-refractivity contribution in [3.63, 3.8) is 0 Å². The molecule has 2 fully saturated rings. The van der Waals surface area contributed by atoms with Crippen LogP contribution in [-0.2, 0) is 15.7 Å². The van der Waals surface area contributed by atoms with Crippen molar-refractivity contribution < 1.29 is 36.6 Å². The molecule has 2 aliphatic heterocycles. The largest absolute Gasteiger partial charge is 0.416 e. The fourth-order valence-corrected chi connectivity index (χ4v) is 4.92. The molecule has 0 aliphatic carbocycles. The number of rotatable bonds is 6. The van der Waals surface area contributed by atoms with Crippen LogP contribution in [0.3, 0.4) is 0 Å². The number of hydrogen-bond acceptors (Lipinski definition) is 6. The Balaban J connectivity index is 1.67. The van der Waals surface area contributed by atoms with E-state index in [9.17, 15) is 31.9 Å². The van der Waals surface area contributed by atoms with Gasteiger partial charge in [-0.25, -0.2) is 13.8 Å². The van der Waals surface area contributed by atoms with Crippen LogP contribution in [0.1, 0.15) is 31.0 Å². The van der Waals surface area contributed by atoms with Crippen molar-refractivity contribution in [1.82, 2.24) is 10.3 Å². The van der Waals surface area contributed by atoms with Crippen molar-refractivity contribution in [1.29, 1.82) is 0 Å². The number of pyridine rings is 1. The average molecular weight is 529 g/mol. The predicted octanol–water partition coefficient (Wildman–Crippen LogP) is 3.43. The molecule has 1 aromatic carbocycles. The highest BCUT2D eigenvalue weighted by Gasteiger charge is 2.42. The number of aliphatic hydroxyl groups is 1. The highest BCUT2D eigenvalue weighted by molar-refractivity contribution is 5.99. The molecule has 37 heavy (non-hydrogen) atoms. The van der Waals surface area contributed by atoms with Gasteiger partial charge in [0.15, 0.2) is 11.6 Å². The van der Waals surface area contributed by atoms with Crippen LogP contribution >= 0.6 is 0 Å². The van der Waals surface area contributed by atoms with Gasteiger partial charge in [0.05, 0.1) is 18.3 Å². The minimum atomic E-state index is -4.60. The lowest BCUT2D eigenvalue weighted by Gasteiger charge is -2.31. The number of aromatic nitrogens is 1. The predicted molar refractivity (Wildman–Crippen MR) is 126 cm³/mol. The van der Waals surface area contributed by atoms with E-state index in [4.69, 9.17) is 4.74 Å². The normalized spacial score (nSPS) is 24.4. The summed E-state index contributed by atoms with van der Waals surface area (Å²) < 4.78 is 73.4. The maximum Gasteiger partial charge on any atom is 0.416 e. The number of likely N-dealkylation sites (N-methyl/N-ethyl adjacent to an activating group) is 1. The van der Waals surface area contributed by atoms with Crippen molar-refractivity contribution in [3.05, 3.63) is 53.2 Å². The summed E-state index contributed by atoms with van der Waals surface area (Å²) in [6.45, 7) is 3.99. The number of aryl methyl sites for hydroxylation is 1. The number of carbonyl (C=O) groups excluding carboxylic acids is 1. The van der Waals surface area contributed by atoms with E-state index in [-0.39, 0.29) is 55.4 Å². The van der Waals surface area contributed by atoms with Crippen molar-refractivity contribution >= 4 is 17.4 Å². The summed E-state index contributed by atoms with van der Waals surface area (Å²) in [5.41, 5.74) is -0.610. The number of hydrogen-bond donors (Lipinski definition) is 2. The number of carbonyl (C=O) groups is 1. The Hall–Kier alpha value is -2.83. The van der Waals surface area contributed by atoms with Gasteiger partial charge in [-0.1, -0.05) is 0 Å². The molecule has 0 bridgehead atoms. The summed E-state index contributed by atoms with van der Waals surface area (Å²) in [4.78, 5) is 20.8. The molecule has 3 unspecified atom stereocenters. The molecule has 2 aromatic rings.